The van der Waals surface area contributed by atoms with Gasteiger partial charge < -0.3 is 10.4 Å². The average molecular weight is 375 g/mol. The molecule has 1 amide bonds. The highest BCUT2D eigenvalue weighted by Gasteiger charge is 2.30. The Morgan fingerprint density at radius 1 is 1.04 bits per heavy atom. The number of amides is 1. The van der Waals surface area contributed by atoms with E-state index in [9.17, 15) is 9.90 Å². The third-order valence-corrected chi connectivity index (χ3v) is 5.38. The van der Waals surface area contributed by atoms with E-state index in [1.54, 1.807) is 30.5 Å². The molecule has 5 nitrogen and oxygen atoms in total. The quantitative estimate of drug-likeness (QED) is 0.539. The van der Waals surface area contributed by atoms with E-state index in [-0.39, 0.29) is 16.9 Å². The monoisotopic (exact) mass is 375 g/mol. The molecule has 134 valence electrons. The molecule has 0 aromatic heterocycles. The molecule has 6 heteroatoms. The number of carbonyl (C=O) groups excluding carboxylic acids is 1. The molecule has 4 rings (SSSR count). The van der Waals surface area contributed by atoms with Crippen molar-refractivity contribution in [3.8, 4) is 5.75 Å². The van der Waals surface area contributed by atoms with Gasteiger partial charge >= 0.3 is 0 Å². The second-order valence-electron chi connectivity index (χ2n) is 6.18. The van der Waals surface area contributed by atoms with Crippen LogP contribution in [0.2, 0.25) is 0 Å². The number of nitrogens with zero attached hydrogens (tertiary/aromatic N) is 2. The zero-order valence-electron chi connectivity index (χ0n) is 14.4. The first-order valence-electron chi connectivity index (χ1n) is 8.53. The van der Waals surface area contributed by atoms with Crippen LogP contribution in [0.1, 0.15) is 11.1 Å². The predicted octanol–water partition coefficient (Wildman–Crippen LogP) is 3.71. The molecule has 0 radical (unpaired) electrons. The fourth-order valence-electron chi connectivity index (χ4n) is 2.97. The first kappa shape index (κ1) is 17.3. The molecule has 0 unspecified atom stereocenters. The highest BCUT2D eigenvalue weighted by atomic mass is 32.2. The maximum Gasteiger partial charge on any atom is 0.239 e. The lowest BCUT2D eigenvalue weighted by Gasteiger charge is -2.09. The second-order valence-corrected chi connectivity index (χ2v) is 7.37. The van der Waals surface area contributed by atoms with E-state index in [1.807, 2.05) is 18.2 Å². The number of hydrogen-bond donors (Lipinski definition) is 2. The van der Waals surface area contributed by atoms with Gasteiger partial charge in [0.05, 0.1) is 11.5 Å². The van der Waals surface area contributed by atoms with Gasteiger partial charge in [-0.1, -0.05) is 54.2 Å². The van der Waals surface area contributed by atoms with Gasteiger partial charge in [0, 0.05) is 0 Å². The fourth-order valence-corrected chi connectivity index (χ4v) is 3.92. The van der Waals surface area contributed by atoms with Crippen molar-refractivity contribution < 1.29 is 9.90 Å². The van der Waals surface area contributed by atoms with E-state index in [1.165, 1.54) is 22.5 Å². The summed E-state index contributed by atoms with van der Waals surface area (Å²) in [7, 11) is 0. The van der Waals surface area contributed by atoms with Gasteiger partial charge in [-0.05, 0) is 52.6 Å². The fraction of sp³-hybridized carbons (Fsp3) is 0.0952. The Hall–Kier alpha value is -3.12. The summed E-state index contributed by atoms with van der Waals surface area (Å²) in [6.45, 7) is 0. The summed E-state index contributed by atoms with van der Waals surface area (Å²) in [5.74, 6) is 0.153. The maximum atomic E-state index is 12.3. The number of nitrogens with one attached hydrogen (secondary N) is 1. The van der Waals surface area contributed by atoms with Crippen molar-refractivity contribution in [3.63, 3.8) is 0 Å². The standard InChI is InChI=1S/C21H17N3O2S/c25-17-10-8-14(9-11-17)13-22-24-21-23-20(26)19(27-21)12-16-6-3-5-15-4-1-2-7-18(15)16/h1-11,13,19,25H,12H2,(H,23,24,26)/b22-13+/t19-/m0/s1. The van der Waals surface area contributed by atoms with Crippen LogP contribution in [0.25, 0.3) is 10.8 Å². The van der Waals surface area contributed by atoms with Crippen LogP contribution in [-0.4, -0.2) is 27.6 Å². The van der Waals surface area contributed by atoms with Crippen LogP contribution < -0.4 is 5.32 Å². The minimum Gasteiger partial charge on any atom is -0.508 e. The van der Waals surface area contributed by atoms with Crippen molar-refractivity contribution in [3.05, 3.63) is 77.9 Å². The Bertz CT molecular complexity index is 1040. The number of hydrogen-bond acceptors (Lipinski definition) is 5. The lowest BCUT2D eigenvalue weighted by Crippen LogP contribution is -2.26. The van der Waals surface area contributed by atoms with Crippen LogP contribution in [-0.2, 0) is 11.2 Å². The topological polar surface area (TPSA) is 74.0 Å². The van der Waals surface area contributed by atoms with Crippen LogP contribution in [0.15, 0.2) is 76.9 Å². The first-order valence-corrected chi connectivity index (χ1v) is 9.41. The Kier molecular flexibility index (Phi) is 4.89. The van der Waals surface area contributed by atoms with Gasteiger partial charge in [-0.15, -0.1) is 5.10 Å². The Balaban J connectivity index is 1.46. The zero-order chi connectivity index (χ0) is 18.6. The predicted molar refractivity (Wildman–Crippen MR) is 110 cm³/mol. The van der Waals surface area contributed by atoms with Crippen molar-refractivity contribution >= 4 is 39.8 Å². The molecule has 1 fully saturated rings. The van der Waals surface area contributed by atoms with Gasteiger partial charge in [0.2, 0.25) is 5.91 Å². The lowest BCUT2D eigenvalue weighted by molar-refractivity contribution is -0.118. The number of thioether (sulfide) groups is 1. The number of carbonyl (C=O) groups is 1. The third kappa shape index (κ3) is 4.01. The van der Waals surface area contributed by atoms with Crippen LogP contribution in [0.5, 0.6) is 5.75 Å². The average Bonchev–Trinajstić information content (AvgIpc) is 3.03. The zero-order valence-corrected chi connectivity index (χ0v) is 15.2. The Morgan fingerprint density at radius 3 is 2.67 bits per heavy atom. The first-order chi connectivity index (χ1) is 13.2. The van der Waals surface area contributed by atoms with E-state index in [2.05, 4.69) is 39.8 Å². The van der Waals surface area contributed by atoms with E-state index < -0.39 is 0 Å². The van der Waals surface area contributed by atoms with Gasteiger partial charge in [0.1, 0.15) is 5.75 Å². The van der Waals surface area contributed by atoms with E-state index in [0.717, 1.165) is 11.1 Å². The number of phenols is 1. The van der Waals surface area contributed by atoms with Gasteiger partial charge in [0.25, 0.3) is 0 Å². The van der Waals surface area contributed by atoms with E-state index in [4.69, 9.17) is 0 Å². The smallest absolute Gasteiger partial charge is 0.239 e. The molecule has 3 aromatic rings. The van der Waals surface area contributed by atoms with Crippen LogP contribution in [0, 0.1) is 0 Å². The third-order valence-electron chi connectivity index (χ3n) is 4.31. The van der Waals surface area contributed by atoms with Gasteiger partial charge in [-0.25, -0.2) is 0 Å². The normalized spacial score (nSPS) is 18.4. The minimum absolute atomic E-state index is 0.0495. The number of fused-ring (bicyclic) bond motifs is 1. The SMILES string of the molecule is O=C1N/C(=N\N=C\c2ccc(O)cc2)S[C@H]1Cc1cccc2ccccc12. The van der Waals surface area contributed by atoms with Gasteiger partial charge in [-0.2, -0.15) is 5.10 Å². The number of benzene rings is 3. The molecule has 0 spiro atoms. The summed E-state index contributed by atoms with van der Waals surface area (Å²) in [6, 6.07) is 21.0. The molecule has 0 bridgehead atoms. The molecule has 27 heavy (non-hydrogen) atoms. The molecular weight excluding hydrogens is 358 g/mol. The summed E-state index contributed by atoms with van der Waals surface area (Å²) >= 11 is 1.40. The maximum absolute atomic E-state index is 12.3. The molecule has 1 aliphatic heterocycles. The molecule has 3 aromatic carbocycles. The molecule has 2 N–H and O–H groups in total. The summed E-state index contributed by atoms with van der Waals surface area (Å²) in [5.41, 5.74) is 1.97. The van der Waals surface area contributed by atoms with E-state index >= 15 is 0 Å². The molecule has 1 atom stereocenters. The summed E-state index contributed by atoms with van der Waals surface area (Å²) in [4.78, 5) is 12.3. The molecule has 0 aliphatic carbocycles. The number of aromatic hydroxyl groups is 1. The van der Waals surface area contributed by atoms with Gasteiger partial charge in [0.15, 0.2) is 5.17 Å². The largest absolute Gasteiger partial charge is 0.508 e. The Labute approximate surface area is 160 Å². The molecule has 0 saturated carbocycles. The number of amidine groups is 1. The lowest BCUT2D eigenvalue weighted by atomic mass is 10.0. The highest BCUT2D eigenvalue weighted by Crippen LogP contribution is 2.27. The number of rotatable bonds is 4. The number of phenolic OH excluding ortho intramolecular Hbond substituents is 1. The Morgan fingerprint density at radius 2 is 1.81 bits per heavy atom. The van der Waals surface area contributed by atoms with Crippen LogP contribution >= 0.6 is 11.8 Å². The summed E-state index contributed by atoms with van der Waals surface area (Å²) in [6.07, 6.45) is 2.22. The molecule has 1 aliphatic rings. The van der Waals surface area contributed by atoms with Crippen molar-refractivity contribution in [1.82, 2.24) is 5.32 Å². The van der Waals surface area contributed by atoms with Crippen molar-refractivity contribution in [2.75, 3.05) is 0 Å². The van der Waals surface area contributed by atoms with Crippen LogP contribution in [0.4, 0.5) is 0 Å². The van der Waals surface area contributed by atoms with Crippen molar-refractivity contribution in [1.29, 1.82) is 0 Å². The van der Waals surface area contributed by atoms with Crippen LogP contribution in [0.3, 0.4) is 0 Å². The molecule has 1 saturated heterocycles. The van der Waals surface area contributed by atoms with Gasteiger partial charge in [-0.3, -0.25) is 4.79 Å². The molecular formula is C21H17N3O2S. The summed E-state index contributed by atoms with van der Waals surface area (Å²) in [5, 5.41) is 22.8. The summed E-state index contributed by atoms with van der Waals surface area (Å²) < 4.78 is 0. The van der Waals surface area contributed by atoms with Crippen molar-refractivity contribution in [2.45, 2.75) is 11.7 Å². The molecule has 1 heterocycles. The second kappa shape index (κ2) is 7.63. The van der Waals surface area contributed by atoms with Crippen molar-refractivity contribution in [2.24, 2.45) is 10.2 Å². The minimum atomic E-state index is -0.224. The highest BCUT2D eigenvalue weighted by molar-refractivity contribution is 8.15. The van der Waals surface area contributed by atoms with E-state index in [0.29, 0.717) is 11.6 Å².